The first-order chi connectivity index (χ1) is 10.1. The van der Waals surface area contributed by atoms with Crippen LogP contribution in [0.3, 0.4) is 0 Å². The maximum atomic E-state index is 3.77. The van der Waals surface area contributed by atoms with Crippen LogP contribution in [0.2, 0.25) is 0 Å². The van der Waals surface area contributed by atoms with E-state index in [0.29, 0.717) is 0 Å². The molecule has 0 amide bonds. The number of hydrogen-bond acceptors (Lipinski definition) is 2. The van der Waals surface area contributed by atoms with Crippen LogP contribution >= 0.6 is 0 Å². The summed E-state index contributed by atoms with van der Waals surface area (Å²) in [7, 11) is 0. The van der Waals surface area contributed by atoms with Crippen LogP contribution in [0.4, 0.5) is 0 Å². The third kappa shape index (κ3) is 3.67. The lowest BCUT2D eigenvalue weighted by molar-refractivity contribution is 0.241. The molecule has 1 N–H and O–H groups in total. The second kappa shape index (κ2) is 6.10. The number of hydrogen-bond donors (Lipinski definition) is 1. The van der Waals surface area contributed by atoms with Gasteiger partial charge in [-0.1, -0.05) is 51.1 Å². The van der Waals surface area contributed by atoms with E-state index in [2.05, 4.69) is 61.3 Å². The fourth-order valence-corrected chi connectivity index (χ4v) is 3.62. The Balaban J connectivity index is 1.72. The van der Waals surface area contributed by atoms with Gasteiger partial charge in [-0.05, 0) is 30.2 Å². The molecule has 0 radical (unpaired) electrons. The van der Waals surface area contributed by atoms with Crippen molar-refractivity contribution in [2.24, 2.45) is 11.8 Å². The standard InChI is InChI=1S/C19H30N2/c1-15-11-21(12-16(15)2)14-19(3,13-20-18-9-10-18)17-7-5-4-6-8-17/h4-8,15-16,18,20H,9-14H2,1-3H3. The first-order valence-electron chi connectivity index (χ1n) is 8.58. The molecule has 0 aromatic heterocycles. The van der Waals surface area contributed by atoms with Gasteiger partial charge < -0.3 is 10.2 Å². The molecule has 3 atom stereocenters. The SMILES string of the molecule is CC1CN(CC(C)(CNC2CC2)c2ccccc2)CC1C. The van der Waals surface area contributed by atoms with E-state index in [4.69, 9.17) is 0 Å². The predicted molar refractivity (Wildman–Crippen MR) is 89.6 cm³/mol. The van der Waals surface area contributed by atoms with Crippen LogP contribution in [0, 0.1) is 11.8 Å². The molecule has 2 nitrogen and oxygen atoms in total. The first kappa shape index (κ1) is 15.1. The fraction of sp³-hybridized carbons (Fsp3) is 0.684. The molecule has 1 aliphatic heterocycles. The van der Waals surface area contributed by atoms with E-state index in [-0.39, 0.29) is 5.41 Å². The number of likely N-dealkylation sites (tertiary alicyclic amines) is 1. The van der Waals surface area contributed by atoms with Crippen molar-refractivity contribution in [1.82, 2.24) is 10.2 Å². The van der Waals surface area contributed by atoms with Crippen molar-refractivity contribution >= 4 is 0 Å². The van der Waals surface area contributed by atoms with Crippen LogP contribution in [0.15, 0.2) is 30.3 Å². The summed E-state index contributed by atoms with van der Waals surface area (Å²) in [6.45, 7) is 12.0. The molecule has 1 heterocycles. The smallest absolute Gasteiger partial charge is 0.0177 e. The van der Waals surface area contributed by atoms with Crippen molar-refractivity contribution in [3.63, 3.8) is 0 Å². The number of nitrogens with zero attached hydrogens (tertiary/aromatic N) is 1. The molecule has 2 heteroatoms. The fourth-order valence-electron chi connectivity index (χ4n) is 3.62. The Morgan fingerprint density at radius 2 is 1.71 bits per heavy atom. The lowest BCUT2D eigenvalue weighted by Gasteiger charge is -2.35. The highest BCUT2D eigenvalue weighted by molar-refractivity contribution is 5.26. The predicted octanol–water partition coefficient (Wildman–Crippen LogP) is 3.28. The lowest BCUT2D eigenvalue weighted by atomic mass is 9.81. The van der Waals surface area contributed by atoms with Gasteiger partial charge >= 0.3 is 0 Å². The van der Waals surface area contributed by atoms with Crippen molar-refractivity contribution in [3.8, 4) is 0 Å². The van der Waals surface area contributed by atoms with Gasteiger partial charge in [0, 0.05) is 37.6 Å². The van der Waals surface area contributed by atoms with Gasteiger partial charge in [-0.15, -0.1) is 0 Å². The van der Waals surface area contributed by atoms with Gasteiger partial charge in [0.2, 0.25) is 0 Å². The molecule has 1 saturated carbocycles. The quantitative estimate of drug-likeness (QED) is 0.863. The summed E-state index contributed by atoms with van der Waals surface area (Å²) in [6, 6.07) is 11.9. The molecule has 1 aromatic carbocycles. The van der Waals surface area contributed by atoms with Crippen molar-refractivity contribution < 1.29 is 0 Å². The molecule has 0 bridgehead atoms. The number of nitrogens with one attached hydrogen (secondary N) is 1. The van der Waals surface area contributed by atoms with Crippen LogP contribution < -0.4 is 5.32 Å². The molecule has 2 fully saturated rings. The summed E-state index contributed by atoms with van der Waals surface area (Å²) >= 11 is 0. The summed E-state index contributed by atoms with van der Waals surface area (Å²) in [5.41, 5.74) is 1.69. The highest BCUT2D eigenvalue weighted by Crippen LogP contribution is 2.30. The summed E-state index contributed by atoms with van der Waals surface area (Å²) in [5, 5.41) is 3.77. The molecule has 3 unspecified atom stereocenters. The minimum Gasteiger partial charge on any atom is -0.313 e. The molecule has 2 aliphatic rings. The van der Waals surface area contributed by atoms with E-state index in [0.717, 1.165) is 24.4 Å². The van der Waals surface area contributed by atoms with Gasteiger partial charge in [-0.3, -0.25) is 0 Å². The Morgan fingerprint density at radius 1 is 1.10 bits per heavy atom. The third-order valence-electron chi connectivity index (χ3n) is 5.47. The zero-order valence-corrected chi connectivity index (χ0v) is 13.8. The largest absolute Gasteiger partial charge is 0.313 e. The molecular weight excluding hydrogens is 256 g/mol. The second-order valence-electron chi connectivity index (χ2n) is 7.73. The van der Waals surface area contributed by atoms with Crippen LogP contribution in [0.25, 0.3) is 0 Å². The van der Waals surface area contributed by atoms with Crippen LogP contribution in [-0.4, -0.2) is 37.1 Å². The van der Waals surface area contributed by atoms with Crippen molar-refractivity contribution in [3.05, 3.63) is 35.9 Å². The van der Waals surface area contributed by atoms with Crippen LogP contribution in [-0.2, 0) is 5.41 Å². The highest BCUT2D eigenvalue weighted by Gasteiger charge is 2.35. The van der Waals surface area contributed by atoms with E-state index < -0.39 is 0 Å². The summed E-state index contributed by atoms with van der Waals surface area (Å²) in [5.74, 6) is 1.67. The summed E-state index contributed by atoms with van der Waals surface area (Å²) in [4.78, 5) is 2.68. The molecule has 1 aromatic rings. The Hall–Kier alpha value is -0.860. The minimum atomic E-state index is 0.216. The Labute approximate surface area is 129 Å². The maximum absolute atomic E-state index is 3.77. The Bertz CT molecular complexity index is 444. The second-order valence-corrected chi connectivity index (χ2v) is 7.73. The van der Waals surface area contributed by atoms with E-state index >= 15 is 0 Å². The van der Waals surface area contributed by atoms with Crippen LogP contribution in [0.5, 0.6) is 0 Å². The minimum absolute atomic E-state index is 0.216. The van der Waals surface area contributed by atoms with E-state index in [9.17, 15) is 0 Å². The zero-order chi connectivity index (χ0) is 14.9. The number of rotatable bonds is 6. The molecule has 1 saturated heterocycles. The molecule has 3 rings (SSSR count). The first-order valence-corrected chi connectivity index (χ1v) is 8.58. The van der Waals surface area contributed by atoms with Gasteiger partial charge in [0.25, 0.3) is 0 Å². The monoisotopic (exact) mass is 286 g/mol. The van der Waals surface area contributed by atoms with Crippen molar-refractivity contribution in [1.29, 1.82) is 0 Å². The molecule has 116 valence electrons. The topological polar surface area (TPSA) is 15.3 Å². The summed E-state index contributed by atoms with van der Waals surface area (Å²) < 4.78 is 0. The average molecular weight is 286 g/mol. The van der Waals surface area contributed by atoms with E-state index in [1.807, 2.05) is 0 Å². The lowest BCUT2D eigenvalue weighted by Crippen LogP contribution is -2.45. The van der Waals surface area contributed by atoms with Crippen molar-refractivity contribution in [2.75, 3.05) is 26.2 Å². The van der Waals surface area contributed by atoms with E-state index in [1.54, 1.807) is 0 Å². The van der Waals surface area contributed by atoms with Crippen molar-refractivity contribution in [2.45, 2.75) is 45.1 Å². The van der Waals surface area contributed by atoms with Gasteiger partial charge in [0.1, 0.15) is 0 Å². The third-order valence-corrected chi connectivity index (χ3v) is 5.47. The normalized spacial score (nSPS) is 29.5. The van der Waals surface area contributed by atoms with Gasteiger partial charge in [0.05, 0.1) is 0 Å². The van der Waals surface area contributed by atoms with Gasteiger partial charge in [-0.25, -0.2) is 0 Å². The Kier molecular flexibility index (Phi) is 4.37. The maximum Gasteiger partial charge on any atom is 0.0177 e. The zero-order valence-electron chi connectivity index (χ0n) is 13.8. The van der Waals surface area contributed by atoms with Gasteiger partial charge in [0.15, 0.2) is 0 Å². The van der Waals surface area contributed by atoms with Gasteiger partial charge in [-0.2, -0.15) is 0 Å². The van der Waals surface area contributed by atoms with Crippen LogP contribution in [0.1, 0.15) is 39.2 Å². The van der Waals surface area contributed by atoms with E-state index in [1.165, 1.54) is 38.0 Å². The molecule has 21 heavy (non-hydrogen) atoms. The average Bonchev–Trinajstić information content (AvgIpc) is 3.25. The molecular formula is C19H30N2. The number of benzene rings is 1. The summed E-state index contributed by atoms with van der Waals surface area (Å²) in [6.07, 6.45) is 2.73. The highest BCUT2D eigenvalue weighted by atomic mass is 15.2. The Morgan fingerprint density at radius 3 is 2.29 bits per heavy atom. The molecule has 1 aliphatic carbocycles. The molecule has 0 spiro atoms.